The second kappa shape index (κ2) is 4.02. The van der Waals surface area contributed by atoms with Crippen LogP contribution in [0, 0.1) is 17.8 Å². The lowest BCUT2D eigenvalue weighted by atomic mass is 10.0. The van der Waals surface area contributed by atoms with Crippen molar-refractivity contribution in [3.63, 3.8) is 0 Å². The van der Waals surface area contributed by atoms with Gasteiger partial charge < -0.3 is 10.2 Å². The average Bonchev–Trinajstić information content (AvgIpc) is 2.81. The number of fused-ring (bicyclic) bond motifs is 1. The van der Waals surface area contributed by atoms with E-state index in [1.807, 2.05) is 11.9 Å². The fourth-order valence-electron chi connectivity index (χ4n) is 3.77. The first-order valence-corrected chi connectivity index (χ1v) is 6.76. The lowest BCUT2D eigenvalue weighted by molar-refractivity contribution is -0.134. The molecule has 0 aromatic heterocycles. The van der Waals surface area contributed by atoms with Gasteiger partial charge >= 0.3 is 0 Å². The van der Waals surface area contributed by atoms with E-state index in [4.69, 9.17) is 0 Å². The first-order chi connectivity index (χ1) is 7.79. The van der Waals surface area contributed by atoms with Gasteiger partial charge in [-0.3, -0.25) is 4.79 Å². The largest absolute Gasteiger partial charge is 0.341 e. The molecule has 0 bridgehead atoms. The van der Waals surface area contributed by atoms with Crippen LogP contribution in [0.3, 0.4) is 0 Å². The van der Waals surface area contributed by atoms with Crippen molar-refractivity contribution < 1.29 is 4.79 Å². The number of hydrogen-bond acceptors (Lipinski definition) is 2. The fourth-order valence-corrected chi connectivity index (χ4v) is 3.77. The lowest BCUT2D eigenvalue weighted by Crippen LogP contribution is -2.47. The topological polar surface area (TPSA) is 32.3 Å². The van der Waals surface area contributed by atoms with Gasteiger partial charge in [-0.05, 0) is 44.1 Å². The number of rotatable bonds is 2. The molecular weight excluding hydrogens is 200 g/mol. The Morgan fingerprint density at radius 3 is 2.56 bits per heavy atom. The van der Waals surface area contributed by atoms with Gasteiger partial charge in [0.05, 0.1) is 0 Å². The van der Waals surface area contributed by atoms with Crippen LogP contribution < -0.4 is 5.32 Å². The summed E-state index contributed by atoms with van der Waals surface area (Å²) in [5.41, 5.74) is 0. The molecule has 16 heavy (non-hydrogen) atoms. The van der Waals surface area contributed by atoms with E-state index in [9.17, 15) is 4.79 Å². The summed E-state index contributed by atoms with van der Waals surface area (Å²) in [7, 11) is 2.01. The molecule has 3 fully saturated rings. The van der Waals surface area contributed by atoms with Gasteiger partial charge in [-0.25, -0.2) is 0 Å². The SMILES string of the molecule is CN(C(=O)C1C2CCCC21)C1CCCNC1. The van der Waals surface area contributed by atoms with E-state index in [0.29, 0.717) is 17.9 Å². The van der Waals surface area contributed by atoms with Crippen LogP contribution in [0.15, 0.2) is 0 Å². The minimum absolute atomic E-state index is 0.403. The second-order valence-corrected chi connectivity index (χ2v) is 5.73. The van der Waals surface area contributed by atoms with Gasteiger partial charge in [0.1, 0.15) is 0 Å². The van der Waals surface area contributed by atoms with E-state index < -0.39 is 0 Å². The van der Waals surface area contributed by atoms with E-state index in [-0.39, 0.29) is 0 Å². The number of carbonyl (C=O) groups excluding carboxylic acids is 1. The van der Waals surface area contributed by atoms with Gasteiger partial charge in [-0.15, -0.1) is 0 Å². The zero-order chi connectivity index (χ0) is 11.1. The maximum atomic E-state index is 12.3. The van der Waals surface area contributed by atoms with Crippen LogP contribution in [0.2, 0.25) is 0 Å². The van der Waals surface area contributed by atoms with Crippen molar-refractivity contribution in [2.24, 2.45) is 17.8 Å². The van der Waals surface area contributed by atoms with Gasteiger partial charge in [0.15, 0.2) is 0 Å². The number of carbonyl (C=O) groups is 1. The number of likely N-dealkylation sites (N-methyl/N-ethyl adjacent to an activating group) is 1. The summed E-state index contributed by atoms with van der Waals surface area (Å²) >= 11 is 0. The molecule has 0 aromatic carbocycles. The number of nitrogens with zero attached hydrogens (tertiary/aromatic N) is 1. The summed E-state index contributed by atoms with van der Waals surface area (Å²) < 4.78 is 0. The third kappa shape index (κ3) is 1.65. The van der Waals surface area contributed by atoms with Crippen LogP contribution >= 0.6 is 0 Å². The van der Waals surface area contributed by atoms with E-state index in [0.717, 1.165) is 24.9 Å². The summed E-state index contributed by atoms with van der Waals surface area (Å²) in [6, 6.07) is 0.447. The summed E-state index contributed by atoms with van der Waals surface area (Å²) in [5, 5.41) is 3.39. The highest BCUT2D eigenvalue weighted by Crippen LogP contribution is 2.58. The molecule has 0 spiro atoms. The van der Waals surface area contributed by atoms with Crippen LogP contribution in [-0.2, 0) is 4.79 Å². The van der Waals surface area contributed by atoms with E-state index in [1.54, 1.807) is 0 Å². The molecule has 0 radical (unpaired) electrons. The molecule has 0 aromatic rings. The van der Waals surface area contributed by atoms with Gasteiger partial charge in [-0.1, -0.05) is 6.42 Å². The number of piperidine rings is 1. The van der Waals surface area contributed by atoms with Gasteiger partial charge in [0, 0.05) is 25.6 Å². The Hall–Kier alpha value is -0.570. The molecule has 3 unspecified atom stereocenters. The molecule has 1 aliphatic heterocycles. The molecule has 3 aliphatic rings. The summed E-state index contributed by atoms with van der Waals surface area (Å²) in [4.78, 5) is 14.4. The Morgan fingerprint density at radius 2 is 1.94 bits per heavy atom. The van der Waals surface area contributed by atoms with Crippen molar-refractivity contribution in [2.45, 2.75) is 38.1 Å². The molecule has 3 rings (SSSR count). The van der Waals surface area contributed by atoms with Crippen LogP contribution in [0.4, 0.5) is 0 Å². The zero-order valence-corrected chi connectivity index (χ0v) is 10.1. The van der Waals surface area contributed by atoms with Crippen molar-refractivity contribution in [3.05, 3.63) is 0 Å². The third-order valence-electron chi connectivity index (χ3n) is 4.86. The number of nitrogens with one attached hydrogen (secondary N) is 1. The maximum absolute atomic E-state index is 12.3. The van der Waals surface area contributed by atoms with E-state index >= 15 is 0 Å². The lowest BCUT2D eigenvalue weighted by Gasteiger charge is -2.32. The van der Waals surface area contributed by atoms with Crippen molar-refractivity contribution in [1.29, 1.82) is 0 Å². The Bertz CT molecular complexity index is 276. The fraction of sp³-hybridized carbons (Fsp3) is 0.923. The first kappa shape index (κ1) is 10.6. The highest BCUT2D eigenvalue weighted by molar-refractivity contribution is 5.82. The summed E-state index contributed by atoms with van der Waals surface area (Å²) in [5.74, 6) is 2.35. The normalized spacial score (nSPS) is 41.6. The van der Waals surface area contributed by atoms with Crippen molar-refractivity contribution in [3.8, 4) is 0 Å². The average molecular weight is 222 g/mol. The Kier molecular flexibility index (Phi) is 2.66. The van der Waals surface area contributed by atoms with Gasteiger partial charge in [0.2, 0.25) is 5.91 Å². The van der Waals surface area contributed by atoms with E-state index in [2.05, 4.69) is 5.32 Å². The standard InChI is InChI=1S/C13H22N2O/c1-15(9-4-3-7-14-8-9)13(16)12-10-5-2-6-11(10)12/h9-12,14H,2-8H2,1H3. The molecule has 1 heterocycles. The molecule has 1 N–H and O–H groups in total. The zero-order valence-electron chi connectivity index (χ0n) is 10.1. The van der Waals surface area contributed by atoms with Crippen LogP contribution in [0.5, 0.6) is 0 Å². The van der Waals surface area contributed by atoms with Crippen molar-refractivity contribution >= 4 is 5.91 Å². The maximum Gasteiger partial charge on any atom is 0.226 e. The molecule has 2 saturated carbocycles. The predicted molar refractivity (Wildman–Crippen MR) is 63.0 cm³/mol. The Labute approximate surface area is 97.6 Å². The second-order valence-electron chi connectivity index (χ2n) is 5.73. The quantitative estimate of drug-likeness (QED) is 0.762. The molecule has 1 saturated heterocycles. The minimum Gasteiger partial charge on any atom is -0.341 e. The summed E-state index contributed by atoms with van der Waals surface area (Å²) in [6.45, 7) is 2.11. The third-order valence-corrected chi connectivity index (χ3v) is 4.86. The van der Waals surface area contributed by atoms with Crippen LogP contribution in [0.25, 0.3) is 0 Å². The predicted octanol–water partition coefficient (Wildman–Crippen LogP) is 1.24. The molecular formula is C13H22N2O. The van der Waals surface area contributed by atoms with Gasteiger partial charge in [-0.2, -0.15) is 0 Å². The molecule has 3 heteroatoms. The van der Waals surface area contributed by atoms with Crippen LogP contribution in [-0.4, -0.2) is 37.0 Å². The highest BCUT2D eigenvalue weighted by Gasteiger charge is 2.57. The Balaban J connectivity index is 1.58. The smallest absolute Gasteiger partial charge is 0.226 e. The first-order valence-electron chi connectivity index (χ1n) is 6.76. The van der Waals surface area contributed by atoms with Crippen molar-refractivity contribution in [2.75, 3.05) is 20.1 Å². The summed E-state index contributed by atoms with van der Waals surface area (Å²) in [6.07, 6.45) is 6.35. The molecule has 90 valence electrons. The van der Waals surface area contributed by atoms with Gasteiger partial charge in [0.25, 0.3) is 0 Å². The Morgan fingerprint density at radius 1 is 1.19 bits per heavy atom. The van der Waals surface area contributed by atoms with E-state index in [1.165, 1.54) is 32.1 Å². The molecule has 2 aliphatic carbocycles. The monoisotopic (exact) mass is 222 g/mol. The molecule has 1 amide bonds. The van der Waals surface area contributed by atoms with Crippen LogP contribution in [0.1, 0.15) is 32.1 Å². The minimum atomic E-state index is 0.403. The highest BCUT2D eigenvalue weighted by atomic mass is 16.2. The molecule has 3 atom stereocenters. The number of amides is 1. The van der Waals surface area contributed by atoms with Crippen molar-refractivity contribution in [1.82, 2.24) is 10.2 Å². The molecule has 3 nitrogen and oxygen atoms in total. The number of hydrogen-bond donors (Lipinski definition) is 1.